The molecule has 0 spiro atoms. The van der Waals surface area contributed by atoms with E-state index in [2.05, 4.69) is 10.3 Å². The van der Waals surface area contributed by atoms with Crippen LogP contribution in [0.15, 0.2) is 5.38 Å². The summed E-state index contributed by atoms with van der Waals surface area (Å²) in [5.41, 5.74) is 0.236. The summed E-state index contributed by atoms with van der Waals surface area (Å²) in [4.78, 5) is 40.8. The molecule has 1 heterocycles. The molecule has 0 aliphatic carbocycles. The first-order chi connectivity index (χ1) is 11.5. The van der Waals surface area contributed by atoms with Gasteiger partial charge >= 0.3 is 18.0 Å². The van der Waals surface area contributed by atoms with Gasteiger partial charge in [-0.3, -0.25) is 4.79 Å². The van der Waals surface area contributed by atoms with Crippen molar-refractivity contribution in [2.24, 2.45) is 0 Å². The lowest BCUT2D eigenvalue weighted by Gasteiger charge is -2.21. The molecule has 0 atom stereocenters. The molecule has 1 rings (SSSR count). The molecule has 2 amide bonds. The number of amides is 2. The van der Waals surface area contributed by atoms with Crippen LogP contribution in [0, 0.1) is 0 Å². The van der Waals surface area contributed by atoms with Crippen molar-refractivity contribution in [2.45, 2.75) is 33.7 Å². The van der Waals surface area contributed by atoms with Crippen LogP contribution in [0.3, 0.4) is 0 Å². The van der Waals surface area contributed by atoms with Crippen LogP contribution < -0.4 is 5.32 Å². The molecule has 0 aromatic carbocycles. The minimum absolute atomic E-state index is 0.182. The summed E-state index contributed by atoms with van der Waals surface area (Å²) in [7, 11) is 0. The highest BCUT2D eigenvalue weighted by atomic mass is 32.1. The Kier molecular flexibility index (Phi) is 8.77. The fraction of sp³-hybridized carbons (Fsp3) is 0.600. The predicted molar refractivity (Wildman–Crippen MR) is 88.8 cm³/mol. The van der Waals surface area contributed by atoms with E-state index in [9.17, 15) is 14.4 Å². The second-order valence-electron chi connectivity index (χ2n) is 4.73. The molecule has 1 aromatic heterocycles. The lowest BCUT2D eigenvalue weighted by Crippen LogP contribution is -2.42. The average Bonchev–Trinajstić information content (AvgIpc) is 3.01. The number of carbonyl (C=O) groups is 3. The number of nitrogens with one attached hydrogen (secondary N) is 1. The number of rotatable bonds is 9. The molecule has 0 radical (unpaired) electrons. The van der Waals surface area contributed by atoms with Gasteiger partial charge in [0.2, 0.25) is 0 Å². The molecule has 8 nitrogen and oxygen atoms in total. The Morgan fingerprint density at radius 1 is 1.21 bits per heavy atom. The highest BCUT2D eigenvalue weighted by Gasteiger charge is 2.18. The Morgan fingerprint density at radius 2 is 1.92 bits per heavy atom. The molecule has 1 N–H and O–H groups in total. The Balaban J connectivity index is 2.63. The summed E-state index contributed by atoms with van der Waals surface area (Å²) in [6, 6.07) is -0.377. The first kappa shape index (κ1) is 19.9. The Bertz CT molecular complexity index is 561. The molecule has 0 unspecified atom stereocenters. The first-order valence-electron chi connectivity index (χ1n) is 7.81. The van der Waals surface area contributed by atoms with Gasteiger partial charge in [0, 0.05) is 11.9 Å². The highest BCUT2D eigenvalue weighted by Crippen LogP contribution is 2.14. The normalized spacial score (nSPS) is 10.1. The smallest absolute Gasteiger partial charge is 0.357 e. The van der Waals surface area contributed by atoms with E-state index in [-0.39, 0.29) is 38.0 Å². The molecule has 0 saturated heterocycles. The lowest BCUT2D eigenvalue weighted by molar-refractivity contribution is -0.141. The minimum Gasteiger partial charge on any atom is -0.465 e. The molecule has 0 aliphatic rings. The quantitative estimate of drug-likeness (QED) is 0.677. The van der Waals surface area contributed by atoms with Crippen molar-refractivity contribution in [3.05, 3.63) is 16.1 Å². The summed E-state index contributed by atoms with van der Waals surface area (Å²) in [5.74, 6) is -0.963. The van der Waals surface area contributed by atoms with E-state index in [1.165, 1.54) is 16.2 Å². The zero-order valence-corrected chi connectivity index (χ0v) is 15.0. The van der Waals surface area contributed by atoms with Crippen LogP contribution in [0.4, 0.5) is 4.79 Å². The van der Waals surface area contributed by atoms with Gasteiger partial charge in [-0.2, -0.15) is 0 Å². The van der Waals surface area contributed by atoms with Crippen molar-refractivity contribution in [3.63, 3.8) is 0 Å². The number of thiazole rings is 1. The molecule has 0 aliphatic heterocycles. The Morgan fingerprint density at radius 3 is 2.54 bits per heavy atom. The van der Waals surface area contributed by atoms with Gasteiger partial charge in [0.25, 0.3) is 0 Å². The van der Waals surface area contributed by atoms with Crippen molar-refractivity contribution in [3.8, 4) is 0 Å². The van der Waals surface area contributed by atoms with Gasteiger partial charge in [-0.1, -0.05) is 6.92 Å². The Labute approximate surface area is 145 Å². The van der Waals surface area contributed by atoms with Gasteiger partial charge in [0.15, 0.2) is 5.69 Å². The molecule has 0 fully saturated rings. The number of esters is 2. The fourth-order valence-electron chi connectivity index (χ4n) is 1.84. The highest BCUT2D eigenvalue weighted by molar-refractivity contribution is 7.09. The molecule has 0 saturated carbocycles. The monoisotopic (exact) mass is 357 g/mol. The van der Waals surface area contributed by atoms with Gasteiger partial charge in [-0.25, -0.2) is 14.6 Å². The van der Waals surface area contributed by atoms with Gasteiger partial charge in [0.05, 0.1) is 19.8 Å². The van der Waals surface area contributed by atoms with E-state index in [1.54, 1.807) is 19.2 Å². The van der Waals surface area contributed by atoms with E-state index in [0.717, 1.165) is 6.42 Å². The number of aromatic nitrogens is 1. The standard InChI is InChI=1S/C15H23N3O5S/c1-4-7-18(15(21)16-8-13(19)22-5-2)9-12-17-11(10-24-12)14(20)23-6-3/h10H,4-9H2,1-3H3,(H,16,21). The van der Waals surface area contributed by atoms with E-state index >= 15 is 0 Å². The second kappa shape index (κ2) is 10.6. The van der Waals surface area contributed by atoms with Crippen molar-refractivity contribution in [1.82, 2.24) is 15.2 Å². The van der Waals surface area contributed by atoms with E-state index in [1.807, 2.05) is 6.92 Å². The molecule has 0 bridgehead atoms. The van der Waals surface area contributed by atoms with Crippen LogP contribution in [0.2, 0.25) is 0 Å². The first-order valence-corrected chi connectivity index (χ1v) is 8.69. The molecular weight excluding hydrogens is 334 g/mol. The van der Waals surface area contributed by atoms with Gasteiger partial charge in [0.1, 0.15) is 11.6 Å². The summed E-state index contributed by atoms with van der Waals surface area (Å²) < 4.78 is 9.66. The van der Waals surface area contributed by atoms with E-state index in [0.29, 0.717) is 11.6 Å². The third kappa shape index (κ3) is 6.53. The van der Waals surface area contributed by atoms with Gasteiger partial charge < -0.3 is 19.7 Å². The number of hydrogen-bond donors (Lipinski definition) is 1. The van der Waals surface area contributed by atoms with Crippen LogP contribution in [-0.4, -0.2) is 54.2 Å². The van der Waals surface area contributed by atoms with Gasteiger partial charge in [-0.05, 0) is 20.3 Å². The molecule has 1 aromatic rings. The molecular formula is C15H23N3O5S. The molecule has 134 valence electrons. The third-order valence-corrected chi connectivity index (χ3v) is 3.67. The van der Waals surface area contributed by atoms with Crippen LogP contribution in [0.25, 0.3) is 0 Å². The van der Waals surface area contributed by atoms with Crippen molar-refractivity contribution < 1.29 is 23.9 Å². The maximum Gasteiger partial charge on any atom is 0.357 e. The van der Waals surface area contributed by atoms with Crippen molar-refractivity contribution in [1.29, 1.82) is 0 Å². The number of ether oxygens (including phenoxy) is 2. The number of nitrogens with zero attached hydrogens (tertiary/aromatic N) is 2. The summed E-state index contributed by atoms with van der Waals surface area (Å²) in [6.45, 7) is 6.49. The molecule has 9 heteroatoms. The maximum absolute atomic E-state index is 12.2. The van der Waals surface area contributed by atoms with Gasteiger partial charge in [-0.15, -0.1) is 11.3 Å². The third-order valence-electron chi connectivity index (χ3n) is 2.83. The van der Waals surface area contributed by atoms with E-state index < -0.39 is 11.9 Å². The summed E-state index contributed by atoms with van der Waals surface area (Å²) in [5, 5.41) is 4.75. The van der Waals surface area contributed by atoms with Crippen LogP contribution >= 0.6 is 11.3 Å². The lowest BCUT2D eigenvalue weighted by atomic mass is 10.4. The van der Waals surface area contributed by atoms with Crippen LogP contribution in [0.5, 0.6) is 0 Å². The number of hydrogen-bond acceptors (Lipinski definition) is 7. The van der Waals surface area contributed by atoms with Crippen molar-refractivity contribution in [2.75, 3.05) is 26.3 Å². The largest absolute Gasteiger partial charge is 0.465 e. The van der Waals surface area contributed by atoms with Crippen molar-refractivity contribution >= 4 is 29.3 Å². The molecule has 24 heavy (non-hydrogen) atoms. The predicted octanol–water partition coefficient (Wildman–Crippen LogP) is 1.80. The zero-order chi connectivity index (χ0) is 17.9. The second-order valence-corrected chi connectivity index (χ2v) is 5.67. The SMILES string of the molecule is CCCN(Cc1nc(C(=O)OCC)cs1)C(=O)NCC(=O)OCC. The fourth-order valence-corrected chi connectivity index (χ4v) is 2.62. The zero-order valence-electron chi connectivity index (χ0n) is 14.2. The average molecular weight is 357 g/mol. The summed E-state index contributed by atoms with van der Waals surface area (Å²) in [6.07, 6.45) is 0.753. The summed E-state index contributed by atoms with van der Waals surface area (Å²) >= 11 is 1.28. The van der Waals surface area contributed by atoms with Crippen LogP contribution in [0.1, 0.15) is 42.7 Å². The number of carbonyl (C=O) groups excluding carboxylic acids is 3. The minimum atomic E-state index is -0.485. The van der Waals surface area contributed by atoms with Crippen LogP contribution in [-0.2, 0) is 20.8 Å². The maximum atomic E-state index is 12.2. The Hall–Kier alpha value is -2.16. The van der Waals surface area contributed by atoms with E-state index in [4.69, 9.17) is 9.47 Å². The number of urea groups is 1. The topological polar surface area (TPSA) is 97.8 Å².